The second kappa shape index (κ2) is 6.87. The smallest absolute Gasteiger partial charge is 0.410 e. The Hall–Kier alpha value is -1.75. The first kappa shape index (κ1) is 19.6. The van der Waals surface area contributed by atoms with E-state index in [1.54, 1.807) is 4.90 Å². The van der Waals surface area contributed by atoms with Gasteiger partial charge in [-0.05, 0) is 50.2 Å². The SMILES string of the molecule is CCN(CC)C(=O)Oc1ccc2c(ccn2[Si](C)(C)C(C)(C)C)c1C. The Labute approximate surface area is 152 Å². The molecule has 0 atom stereocenters. The van der Waals surface area contributed by atoms with Crippen LogP contribution in [0, 0.1) is 6.92 Å². The van der Waals surface area contributed by atoms with Crippen LogP contribution in [0.15, 0.2) is 24.4 Å². The molecule has 0 radical (unpaired) electrons. The molecule has 0 bridgehead atoms. The van der Waals surface area contributed by atoms with Crippen molar-refractivity contribution in [1.29, 1.82) is 0 Å². The van der Waals surface area contributed by atoms with Gasteiger partial charge in [0.2, 0.25) is 0 Å². The lowest BCUT2D eigenvalue weighted by atomic mass is 10.1. The molecule has 138 valence electrons. The van der Waals surface area contributed by atoms with Crippen molar-refractivity contribution in [3.05, 3.63) is 30.0 Å². The van der Waals surface area contributed by atoms with Crippen LogP contribution in [0.25, 0.3) is 10.9 Å². The fourth-order valence-corrected chi connectivity index (χ4v) is 4.91. The van der Waals surface area contributed by atoms with Gasteiger partial charge in [-0.2, -0.15) is 0 Å². The Kier molecular flexibility index (Phi) is 5.37. The maximum Gasteiger partial charge on any atom is 0.415 e. The number of hydrogen-bond donors (Lipinski definition) is 0. The summed E-state index contributed by atoms with van der Waals surface area (Å²) in [6.07, 6.45) is 1.92. The lowest BCUT2D eigenvalue weighted by molar-refractivity contribution is 0.157. The quantitative estimate of drug-likeness (QED) is 0.661. The van der Waals surface area contributed by atoms with Crippen molar-refractivity contribution in [1.82, 2.24) is 9.13 Å². The number of ether oxygens (including phenoxy) is 1. The number of aromatic nitrogens is 1. The predicted octanol–water partition coefficient (Wildman–Crippen LogP) is 5.64. The number of amides is 1. The van der Waals surface area contributed by atoms with Gasteiger partial charge in [-0.1, -0.05) is 33.9 Å². The monoisotopic (exact) mass is 360 g/mol. The third kappa shape index (κ3) is 3.47. The van der Waals surface area contributed by atoms with E-state index < -0.39 is 8.24 Å². The van der Waals surface area contributed by atoms with E-state index in [1.807, 2.05) is 26.8 Å². The lowest BCUT2D eigenvalue weighted by Crippen LogP contribution is -2.44. The molecule has 0 aliphatic carbocycles. The minimum atomic E-state index is -1.69. The van der Waals surface area contributed by atoms with Crippen LogP contribution < -0.4 is 4.74 Å². The first-order valence-electron chi connectivity index (χ1n) is 9.12. The van der Waals surface area contributed by atoms with Gasteiger partial charge in [-0.15, -0.1) is 0 Å². The topological polar surface area (TPSA) is 34.5 Å². The van der Waals surface area contributed by atoms with Crippen molar-refractivity contribution in [2.45, 2.75) is 59.7 Å². The van der Waals surface area contributed by atoms with Crippen LogP contribution >= 0.6 is 0 Å². The van der Waals surface area contributed by atoms with Crippen molar-refractivity contribution in [3.63, 3.8) is 0 Å². The number of aryl methyl sites for hydroxylation is 1. The summed E-state index contributed by atoms with van der Waals surface area (Å²) >= 11 is 0. The summed E-state index contributed by atoms with van der Waals surface area (Å²) in [7, 11) is -1.69. The highest BCUT2D eigenvalue weighted by molar-refractivity contribution is 6.79. The fraction of sp³-hybridized carbons (Fsp3) is 0.550. The van der Waals surface area contributed by atoms with Gasteiger partial charge in [0.15, 0.2) is 8.24 Å². The van der Waals surface area contributed by atoms with Gasteiger partial charge in [0.05, 0.1) is 0 Å². The van der Waals surface area contributed by atoms with E-state index in [1.165, 1.54) is 5.52 Å². The molecule has 0 aliphatic heterocycles. The lowest BCUT2D eigenvalue weighted by Gasteiger charge is -2.38. The standard InChI is InChI=1S/C20H32N2O2Si/c1-9-21(10-2)19(23)24-18-12-11-17-16(15(18)3)13-14-22(17)25(7,8)20(4,5)6/h11-14H,9-10H2,1-8H3. The second-order valence-electron chi connectivity index (χ2n) is 8.16. The van der Waals surface area contributed by atoms with Crippen LogP contribution in [-0.2, 0) is 0 Å². The molecule has 1 amide bonds. The Morgan fingerprint density at radius 3 is 2.28 bits per heavy atom. The molecule has 1 aromatic heterocycles. The first-order chi connectivity index (χ1) is 11.5. The van der Waals surface area contributed by atoms with E-state index in [-0.39, 0.29) is 11.1 Å². The number of benzene rings is 1. The Morgan fingerprint density at radius 2 is 1.76 bits per heavy atom. The number of carbonyl (C=O) groups is 1. The molecule has 1 aromatic carbocycles. The molecule has 0 N–H and O–H groups in total. The molecule has 0 saturated heterocycles. The maximum absolute atomic E-state index is 12.3. The van der Waals surface area contributed by atoms with E-state index in [4.69, 9.17) is 4.74 Å². The van der Waals surface area contributed by atoms with Crippen LogP contribution in [0.4, 0.5) is 4.79 Å². The normalized spacial score (nSPS) is 12.5. The average Bonchev–Trinajstić information content (AvgIpc) is 2.95. The zero-order valence-corrected chi connectivity index (χ0v) is 17.9. The van der Waals surface area contributed by atoms with Crippen molar-refractivity contribution in [2.24, 2.45) is 0 Å². The molecule has 2 rings (SSSR count). The number of nitrogens with zero attached hydrogens (tertiary/aromatic N) is 2. The van der Waals surface area contributed by atoms with Gasteiger partial charge in [0.25, 0.3) is 0 Å². The Bertz CT molecular complexity index is 768. The van der Waals surface area contributed by atoms with Crippen LogP contribution in [0.1, 0.15) is 40.2 Å². The first-order valence-corrected chi connectivity index (χ1v) is 12.1. The highest BCUT2D eigenvalue weighted by Gasteiger charge is 2.38. The molecule has 1 heterocycles. The zero-order valence-electron chi connectivity index (χ0n) is 16.9. The zero-order chi connectivity index (χ0) is 19.0. The number of fused-ring (bicyclic) bond motifs is 1. The third-order valence-corrected chi connectivity index (χ3v) is 11.0. The molecule has 25 heavy (non-hydrogen) atoms. The molecule has 0 spiro atoms. The molecular formula is C20H32N2O2Si. The average molecular weight is 361 g/mol. The summed E-state index contributed by atoms with van der Waals surface area (Å²) in [5, 5.41) is 1.41. The van der Waals surface area contributed by atoms with E-state index >= 15 is 0 Å². The summed E-state index contributed by atoms with van der Waals surface area (Å²) in [4.78, 5) is 13.9. The molecule has 2 aromatic rings. The molecule has 0 unspecified atom stereocenters. The molecule has 0 saturated carbocycles. The molecular weight excluding hydrogens is 328 g/mol. The van der Waals surface area contributed by atoms with Crippen LogP contribution in [0.5, 0.6) is 5.75 Å². The summed E-state index contributed by atoms with van der Waals surface area (Å²) in [5.74, 6) is 0.650. The highest BCUT2D eigenvalue weighted by atomic mass is 28.3. The fourth-order valence-electron chi connectivity index (χ4n) is 2.94. The van der Waals surface area contributed by atoms with Gasteiger partial charge in [0.1, 0.15) is 5.75 Å². The van der Waals surface area contributed by atoms with Gasteiger partial charge < -0.3 is 13.9 Å². The summed E-state index contributed by atoms with van der Waals surface area (Å²) in [6.45, 7) is 19.0. The predicted molar refractivity (Wildman–Crippen MR) is 108 cm³/mol. The van der Waals surface area contributed by atoms with Gasteiger partial charge >= 0.3 is 6.09 Å². The van der Waals surface area contributed by atoms with E-state index in [9.17, 15) is 4.79 Å². The Balaban J connectivity index is 2.45. The van der Waals surface area contributed by atoms with Crippen molar-refractivity contribution >= 4 is 25.2 Å². The van der Waals surface area contributed by atoms with Gasteiger partial charge in [0, 0.05) is 29.6 Å². The van der Waals surface area contributed by atoms with E-state index in [0.29, 0.717) is 18.8 Å². The summed E-state index contributed by atoms with van der Waals surface area (Å²) in [6, 6.07) is 6.18. The van der Waals surface area contributed by atoms with E-state index in [0.717, 1.165) is 10.9 Å². The van der Waals surface area contributed by atoms with Crippen molar-refractivity contribution in [2.75, 3.05) is 13.1 Å². The summed E-state index contributed by atoms with van der Waals surface area (Å²) in [5.41, 5.74) is 2.25. The minimum absolute atomic E-state index is 0.251. The highest BCUT2D eigenvalue weighted by Crippen LogP contribution is 2.40. The molecule has 4 nitrogen and oxygen atoms in total. The Morgan fingerprint density at radius 1 is 1.16 bits per heavy atom. The molecule has 5 heteroatoms. The largest absolute Gasteiger partial charge is 0.415 e. The number of carbonyl (C=O) groups excluding carboxylic acids is 1. The third-order valence-electron chi connectivity index (χ3n) is 5.75. The van der Waals surface area contributed by atoms with Crippen molar-refractivity contribution < 1.29 is 9.53 Å². The maximum atomic E-state index is 12.3. The van der Waals surface area contributed by atoms with Crippen LogP contribution in [0.3, 0.4) is 0 Å². The van der Waals surface area contributed by atoms with E-state index in [2.05, 4.69) is 56.4 Å². The van der Waals surface area contributed by atoms with Crippen LogP contribution in [-0.4, -0.2) is 36.6 Å². The molecule has 0 fully saturated rings. The molecule has 0 aliphatic rings. The number of rotatable bonds is 4. The second-order valence-corrected chi connectivity index (χ2v) is 13.3. The van der Waals surface area contributed by atoms with Crippen LogP contribution in [0.2, 0.25) is 18.1 Å². The summed E-state index contributed by atoms with van der Waals surface area (Å²) < 4.78 is 8.11. The minimum Gasteiger partial charge on any atom is -0.410 e. The van der Waals surface area contributed by atoms with Gasteiger partial charge in [-0.3, -0.25) is 0 Å². The van der Waals surface area contributed by atoms with Crippen molar-refractivity contribution in [3.8, 4) is 5.75 Å². The van der Waals surface area contributed by atoms with Gasteiger partial charge in [-0.25, -0.2) is 4.79 Å². The number of hydrogen-bond acceptors (Lipinski definition) is 2.